The Hall–Kier alpha value is -2.45. The van der Waals surface area contributed by atoms with Crippen molar-refractivity contribution < 1.29 is 19.7 Å². The molecule has 1 aliphatic carbocycles. The van der Waals surface area contributed by atoms with Gasteiger partial charge in [-0.15, -0.1) is 0 Å². The van der Waals surface area contributed by atoms with Gasteiger partial charge in [-0.3, -0.25) is 9.88 Å². The molecule has 0 spiro atoms. The number of pyridine rings is 1. The molecule has 3 aliphatic heterocycles. The molecule has 2 aromatic carbocycles. The molecule has 0 amide bonds. The van der Waals surface area contributed by atoms with Crippen LogP contribution in [0.1, 0.15) is 54.7 Å². The minimum atomic E-state index is -1.75. The average molecular weight is 578 g/mol. The number of hydrogen-bond acceptors (Lipinski definition) is 6. The summed E-state index contributed by atoms with van der Waals surface area (Å²) >= 11 is 3.57. The van der Waals surface area contributed by atoms with Gasteiger partial charge in [0.15, 0.2) is 11.2 Å². The quantitative estimate of drug-likeness (QED) is 0.439. The van der Waals surface area contributed by atoms with E-state index in [1.54, 1.807) is 19.5 Å². The van der Waals surface area contributed by atoms with Gasteiger partial charge in [0.25, 0.3) is 0 Å². The van der Waals surface area contributed by atoms with E-state index in [9.17, 15) is 10.2 Å². The van der Waals surface area contributed by atoms with Gasteiger partial charge in [0.1, 0.15) is 11.5 Å². The Morgan fingerprint density at radius 1 is 1.03 bits per heavy atom. The SMILES string of the molecule is COc1cncc2c1C1(O)C(O)C(CN3[C@@H]4CCC[C@H]3CC4)C(c3ccccc3)C1(c1ccc(Br)cc1)O2. The smallest absolute Gasteiger partial charge is 0.177 e. The minimum absolute atomic E-state index is 0.265. The molecule has 2 bridgehead atoms. The van der Waals surface area contributed by atoms with E-state index in [-0.39, 0.29) is 11.8 Å². The van der Waals surface area contributed by atoms with Gasteiger partial charge in [0, 0.05) is 34.9 Å². The molecule has 6 nitrogen and oxygen atoms in total. The summed E-state index contributed by atoms with van der Waals surface area (Å²) in [6, 6.07) is 19.3. The molecule has 7 rings (SSSR count). The van der Waals surface area contributed by atoms with Crippen LogP contribution < -0.4 is 9.47 Å². The molecular formula is C31H33BrN2O4. The fraction of sp³-hybridized carbons (Fsp3) is 0.452. The van der Waals surface area contributed by atoms with Gasteiger partial charge in [-0.2, -0.15) is 0 Å². The van der Waals surface area contributed by atoms with Crippen LogP contribution in [-0.2, 0) is 11.2 Å². The lowest BCUT2D eigenvalue weighted by Crippen LogP contribution is -2.52. The maximum atomic E-state index is 13.0. The highest BCUT2D eigenvalue weighted by Gasteiger charge is 2.77. The molecule has 0 radical (unpaired) electrons. The fourth-order valence-corrected chi connectivity index (χ4v) is 8.46. The Morgan fingerprint density at radius 2 is 1.74 bits per heavy atom. The van der Waals surface area contributed by atoms with Crippen LogP contribution in [0, 0.1) is 5.92 Å². The fourth-order valence-electron chi connectivity index (χ4n) is 8.20. The molecule has 7 heteroatoms. The first-order valence-corrected chi connectivity index (χ1v) is 14.5. The van der Waals surface area contributed by atoms with E-state index in [1.807, 2.05) is 42.5 Å². The van der Waals surface area contributed by atoms with Crippen LogP contribution in [0.4, 0.5) is 0 Å². The topological polar surface area (TPSA) is 75.0 Å². The summed E-state index contributed by atoms with van der Waals surface area (Å²) in [6.07, 6.45) is 8.25. The molecule has 2 N–H and O–H groups in total. The maximum Gasteiger partial charge on any atom is 0.177 e. The van der Waals surface area contributed by atoms with Crippen molar-refractivity contribution >= 4 is 15.9 Å². The van der Waals surface area contributed by atoms with E-state index in [0.717, 1.165) is 15.6 Å². The molecule has 2 saturated heterocycles. The second-order valence-corrected chi connectivity index (χ2v) is 12.3. The molecular weight excluding hydrogens is 544 g/mol. The Bertz CT molecular complexity index is 1320. The standard InChI is InChI=1S/C31H33BrN2O4/c1-37-25-16-33-17-26-28(25)30(36)29(35)24(18-34-22-8-5-9-23(34)15-14-22)27(19-6-3-2-4-7-19)31(30,38-26)20-10-12-21(32)13-11-20/h2-4,6-7,10-13,16-17,22-24,27,29,35-36H,5,8-9,14-15,18H2,1H3/t22-,23+,24?,27?,29?,30?,31?. The first-order valence-electron chi connectivity index (χ1n) is 13.7. The molecule has 4 aliphatic rings. The van der Waals surface area contributed by atoms with Crippen LogP contribution >= 0.6 is 15.9 Å². The van der Waals surface area contributed by atoms with E-state index in [0.29, 0.717) is 35.7 Å². The maximum absolute atomic E-state index is 13.0. The van der Waals surface area contributed by atoms with E-state index in [2.05, 4.69) is 37.9 Å². The third kappa shape index (κ3) is 3.25. The van der Waals surface area contributed by atoms with Crippen LogP contribution in [0.5, 0.6) is 11.5 Å². The number of hydrogen-bond donors (Lipinski definition) is 2. The number of fused-ring (bicyclic) bond motifs is 5. The number of rotatable bonds is 5. The van der Waals surface area contributed by atoms with Gasteiger partial charge in [0.2, 0.25) is 0 Å². The van der Waals surface area contributed by atoms with Crippen molar-refractivity contribution in [2.45, 2.75) is 67.4 Å². The lowest BCUT2D eigenvalue weighted by Gasteiger charge is -2.41. The van der Waals surface area contributed by atoms with E-state index in [1.165, 1.54) is 32.1 Å². The predicted octanol–water partition coefficient (Wildman–Crippen LogP) is 5.12. The van der Waals surface area contributed by atoms with Crippen molar-refractivity contribution in [3.05, 3.63) is 88.2 Å². The Morgan fingerprint density at radius 3 is 2.42 bits per heavy atom. The monoisotopic (exact) mass is 576 g/mol. The van der Waals surface area contributed by atoms with Crippen LogP contribution in [0.25, 0.3) is 0 Å². The first-order chi connectivity index (χ1) is 18.5. The third-order valence-corrected chi connectivity index (χ3v) is 10.2. The molecule has 38 heavy (non-hydrogen) atoms. The first kappa shape index (κ1) is 24.6. The predicted molar refractivity (Wildman–Crippen MR) is 147 cm³/mol. The van der Waals surface area contributed by atoms with Gasteiger partial charge in [-0.25, -0.2) is 0 Å². The Balaban J connectivity index is 1.47. The molecule has 198 valence electrons. The molecule has 4 heterocycles. The summed E-state index contributed by atoms with van der Waals surface area (Å²) in [6.45, 7) is 0.711. The Labute approximate surface area is 231 Å². The molecule has 1 saturated carbocycles. The van der Waals surface area contributed by atoms with E-state index < -0.39 is 17.3 Å². The second kappa shape index (κ2) is 9.05. The van der Waals surface area contributed by atoms with Crippen molar-refractivity contribution in [3.8, 4) is 11.5 Å². The number of methoxy groups -OCH3 is 1. The highest BCUT2D eigenvalue weighted by molar-refractivity contribution is 9.10. The summed E-state index contributed by atoms with van der Waals surface area (Å²) < 4.78 is 13.6. The summed E-state index contributed by atoms with van der Waals surface area (Å²) in [5.74, 6) is 0.293. The largest absolute Gasteiger partial charge is 0.495 e. The minimum Gasteiger partial charge on any atom is -0.495 e. The van der Waals surface area contributed by atoms with Crippen molar-refractivity contribution in [2.75, 3.05) is 13.7 Å². The lowest BCUT2D eigenvalue weighted by molar-refractivity contribution is -0.152. The summed E-state index contributed by atoms with van der Waals surface area (Å²) in [4.78, 5) is 6.95. The highest BCUT2D eigenvalue weighted by atomic mass is 79.9. The Kier molecular flexibility index (Phi) is 5.85. The second-order valence-electron chi connectivity index (χ2n) is 11.3. The number of aliphatic hydroxyl groups is 2. The normalized spacial score (nSPS) is 35.5. The zero-order chi connectivity index (χ0) is 26.1. The van der Waals surface area contributed by atoms with Crippen molar-refractivity contribution in [1.29, 1.82) is 0 Å². The number of ether oxygens (including phenoxy) is 2. The van der Waals surface area contributed by atoms with Gasteiger partial charge in [-0.1, -0.05) is 64.8 Å². The number of halogens is 1. The zero-order valence-electron chi connectivity index (χ0n) is 21.5. The van der Waals surface area contributed by atoms with Crippen molar-refractivity contribution in [1.82, 2.24) is 9.88 Å². The van der Waals surface area contributed by atoms with Crippen molar-refractivity contribution in [2.24, 2.45) is 5.92 Å². The summed E-state index contributed by atoms with van der Waals surface area (Å²) in [5.41, 5.74) is -0.676. The lowest BCUT2D eigenvalue weighted by atomic mass is 9.70. The van der Waals surface area contributed by atoms with Crippen molar-refractivity contribution in [3.63, 3.8) is 0 Å². The van der Waals surface area contributed by atoms with Gasteiger partial charge in [0.05, 0.1) is 31.2 Å². The third-order valence-electron chi connectivity index (χ3n) is 9.71. The highest BCUT2D eigenvalue weighted by Crippen LogP contribution is 2.69. The number of nitrogens with zero attached hydrogens (tertiary/aromatic N) is 2. The molecule has 1 aromatic heterocycles. The number of benzene rings is 2. The van der Waals surface area contributed by atoms with Crippen LogP contribution in [0.2, 0.25) is 0 Å². The van der Waals surface area contributed by atoms with Gasteiger partial charge < -0.3 is 19.7 Å². The van der Waals surface area contributed by atoms with Crippen LogP contribution in [0.15, 0.2) is 71.5 Å². The zero-order valence-corrected chi connectivity index (χ0v) is 23.0. The number of aromatic nitrogens is 1. The molecule has 3 aromatic rings. The van der Waals surface area contributed by atoms with Gasteiger partial charge in [-0.05, 0) is 48.9 Å². The summed E-state index contributed by atoms with van der Waals surface area (Å²) in [7, 11) is 1.57. The van der Waals surface area contributed by atoms with E-state index >= 15 is 0 Å². The number of aliphatic hydroxyl groups excluding tert-OH is 1. The molecule has 5 unspecified atom stereocenters. The average Bonchev–Trinajstić information content (AvgIpc) is 3.40. The summed E-state index contributed by atoms with van der Waals surface area (Å²) in [5, 5.41) is 25.4. The van der Waals surface area contributed by atoms with Crippen LogP contribution in [0.3, 0.4) is 0 Å². The number of piperidine rings is 1. The van der Waals surface area contributed by atoms with Crippen LogP contribution in [-0.4, -0.2) is 51.9 Å². The van der Waals surface area contributed by atoms with E-state index in [4.69, 9.17) is 9.47 Å². The molecule has 3 fully saturated rings. The molecule has 7 atom stereocenters. The van der Waals surface area contributed by atoms with Gasteiger partial charge >= 0.3 is 0 Å².